The van der Waals surface area contributed by atoms with Gasteiger partial charge in [0.15, 0.2) is 11.6 Å². The van der Waals surface area contributed by atoms with Gasteiger partial charge < -0.3 is 19.4 Å². The van der Waals surface area contributed by atoms with Gasteiger partial charge in [-0.1, -0.05) is 0 Å². The Kier molecular flexibility index (Phi) is 11.1. The number of nitriles is 1. The molecule has 4 aromatic carbocycles. The summed E-state index contributed by atoms with van der Waals surface area (Å²) in [5.41, 5.74) is 3.43. The largest absolute Gasteiger partial charge is 0.453 e. The molecular formula is C46H44F2N10O7S. The van der Waals surface area contributed by atoms with Gasteiger partial charge in [-0.2, -0.15) is 18.0 Å². The number of benzene rings is 4. The number of piperidine rings is 1. The van der Waals surface area contributed by atoms with Crippen LogP contribution in [0, 0.1) is 23.1 Å². The van der Waals surface area contributed by atoms with E-state index in [9.17, 15) is 37.2 Å². The Morgan fingerprint density at radius 2 is 1.62 bits per heavy atom. The molecule has 2 atom stereocenters. The van der Waals surface area contributed by atoms with Gasteiger partial charge in [-0.15, -0.1) is 0 Å². The first-order valence-corrected chi connectivity index (χ1v) is 23.2. The average Bonchev–Trinajstić information content (AvgIpc) is 3.89. The van der Waals surface area contributed by atoms with E-state index in [1.807, 2.05) is 36.4 Å². The average molecular weight is 919 g/mol. The molecule has 66 heavy (non-hydrogen) atoms. The third kappa shape index (κ3) is 8.18. The second-order valence-corrected chi connectivity index (χ2v) is 18.9. The number of rotatable bonds is 11. The van der Waals surface area contributed by atoms with Crippen LogP contribution in [0.25, 0.3) is 16.6 Å². The molecule has 4 fully saturated rings. The Bertz CT molecular complexity index is 3010. The summed E-state index contributed by atoms with van der Waals surface area (Å²) in [5, 5.41) is 12.5. The number of hydrogen-bond acceptors (Lipinski definition) is 12. The Labute approximate surface area is 377 Å². The summed E-state index contributed by atoms with van der Waals surface area (Å²) in [5.74, 6) is -1.86. The van der Waals surface area contributed by atoms with Gasteiger partial charge in [0.25, 0.3) is 11.5 Å². The molecule has 4 saturated heterocycles. The highest BCUT2D eigenvalue weighted by Crippen LogP contribution is 2.36. The number of piperazine rings is 1. The minimum absolute atomic E-state index is 0.0120. The first-order valence-electron chi connectivity index (χ1n) is 21.8. The number of halogens is 2. The van der Waals surface area contributed by atoms with Crippen molar-refractivity contribution in [3.8, 4) is 23.3 Å². The summed E-state index contributed by atoms with van der Waals surface area (Å²) in [6.07, 6.45) is 0.716. The van der Waals surface area contributed by atoms with Crippen molar-refractivity contribution in [1.82, 2.24) is 29.0 Å². The van der Waals surface area contributed by atoms with E-state index in [0.717, 1.165) is 79.2 Å². The van der Waals surface area contributed by atoms with E-state index in [2.05, 4.69) is 35.8 Å². The smallest absolute Gasteiger partial charge is 0.301 e. The van der Waals surface area contributed by atoms with E-state index in [4.69, 9.17) is 4.74 Å². The third-order valence-electron chi connectivity index (χ3n) is 13.1. The summed E-state index contributed by atoms with van der Waals surface area (Å²) in [7, 11) is -4.24. The van der Waals surface area contributed by atoms with Crippen molar-refractivity contribution in [3.05, 3.63) is 112 Å². The van der Waals surface area contributed by atoms with Crippen LogP contribution in [0.1, 0.15) is 40.7 Å². The normalized spacial score (nSPS) is 20.6. The molecule has 10 rings (SSSR count). The van der Waals surface area contributed by atoms with E-state index in [1.165, 1.54) is 29.1 Å². The molecule has 0 aliphatic carbocycles. The fraction of sp³-hybridized carbons (Fsp3) is 0.348. The molecule has 3 amide bonds. The maximum absolute atomic E-state index is 15.2. The molecule has 340 valence electrons. The van der Waals surface area contributed by atoms with Crippen molar-refractivity contribution >= 4 is 55.9 Å². The highest BCUT2D eigenvalue weighted by Gasteiger charge is 2.40. The molecule has 5 aliphatic heterocycles. The maximum atomic E-state index is 15.2. The number of anilines is 3. The number of imide groups is 1. The molecule has 2 unspecified atom stereocenters. The zero-order valence-corrected chi connectivity index (χ0v) is 36.3. The minimum atomic E-state index is -4.24. The van der Waals surface area contributed by atoms with Crippen LogP contribution in [0.2, 0.25) is 0 Å². The topological polar surface area (TPSA) is 194 Å². The van der Waals surface area contributed by atoms with Crippen molar-refractivity contribution in [2.24, 2.45) is 5.92 Å². The molecule has 17 nitrogen and oxygen atoms in total. The Hall–Kier alpha value is -6.95. The fourth-order valence-corrected chi connectivity index (χ4v) is 10.7. The van der Waals surface area contributed by atoms with E-state index in [0.29, 0.717) is 35.7 Å². The van der Waals surface area contributed by atoms with E-state index >= 15 is 4.39 Å². The highest BCUT2D eigenvalue weighted by atomic mass is 32.2. The monoisotopic (exact) mass is 918 g/mol. The molecule has 20 heteroatoms. The summed E-state index contributed by atoms with van der Waals surface area (Å²) >= 11 is 0. The zero-order chi connectivity index (χ0) is 45.9. The Morgan fingerprint density at radius 1 is 0.864 bits per heavy atom. The van der Waals surface area contributed by atoms with E-state index in [-0.39, 0.29) is 54.6 Å². The second-order valence-electron chi connectivity index (χ2n) is 17.3. The Morgan fingerprint density at radius 3 is 2.35 bits per heavy atom. The van der Waals surface area contributed by atoms with Crippen molar-refractivity contribution in [1.29, 1.82) is 5.26 Å². The van der Waals surface area contributed by atoms with Gasteiger partial charge in [-0.05, 0) is 91.2 Å². The summed E-state index contributed by atoms with van der Waals surface area (Å²) in [6.45, 7) is 6.23. The van der Waals surface area contributed by atoms with Crippen LogP contribution in [0.15, 0.2) is 83.9 Å². The minimum Gasteiger partial charge on any atom is -0.453 e. The molecular weight excluding hydrogens is 875 g/mol. The molecule has 0 saturated carbocycles. The lowest BCUT2D eigenvalue weighted by atomic mass is 9.97. The number of nitrogens with zero attached hydrogens (tertiary/aromatic N) is 8. The van der Waals surface area contributed by atoms with Gasteiger partial charge in [-0.3, -0.25) is 38.7 Å². The predicted molar refractivity (Wildman–Crippen MR) is 239 cm³/mol. The molecule has 0 bridgehead atoms. The lowest BCUT2D eigenvalue weighted by Crippen LogP contribution is -2.55. The van der Waals surface area contributed by atoms with Crippen LogP contribution in [-0.4, -0.2) is 121 Å². The zero-order valence-electron chi connectivity index (χ0n) is 35.5. The maximum Gasteiger partial charge on any atom is 0.301 e. The van der Waals surface area contributed by atoms with Crippen molar-refractivity contribution < 1.29 is 36.3 Å². The third-order valence-corrected chi connectivity index (χ3v) is 14.5. The number of fused-ring (bicyclic) bond motifs is 2. The number of carbonyl (C=O) groups excluding carboxylic acids is 3. The predicted octanol–water partition coefficient (Wildman–Crippen LogP) is 3.91. The van der Waals surface area contributed by atoms with E-state index in [1.54, 1.807) is 11.0 Å². The van der Waals surface area contributed by atoms with Gasteiger partial charge in [-0.25, -0.2) is 13.8 Å². The lowest BCUT2D eigenvalue weighted by molar-refractivity contribution is -0.136. The fourth-order valence-electron chi connectivity index (χ4n) is 9.46. The summed E-state index contributed by atoms with van der Waals surface area (Å²) in [6, 6.07) is 21.1. The van der Waals surface area contributed by atoms with E-state index < -0.39 is 51.0 Å². The highest BCUT2D eigenvalue weighted by molar-refractivity contribution is 7.90. The van der Waals surface area contributed by atoms with Gasteiger partial charge in [0.1, 0.15) is 35.9 Å². The second kappa shape index (κ2) is 17.1. The standard InChI is InChI=1S/C46H44F2N10O7S/c47-30-13-14-56(26-30)66(63,64)52-40-10-8-38(48)43(37(40)21-49)65-34-6-9-39-36(20-34)46(62)58(27-50-39)32-3-1-31(2-4-32)54-17-15-53(16-18-54)22-28-23-55(24-28)33-5-7-35-29(19-33)25-57(45(35)61)41-11-12-42(59)51-44(41)60/h1-10,19-20,27-28,30,41,52H,11-18,22-26H2,(H,51,59,60). The number of aromatic nitrogens is 2. The molecule has 6 heterocycles. The number of alkyl halides is 1. The van der Waals surface area contributed by atoms with Crippen LogP contribution in [0.3, 0.4) is 0 Å². The van der Waals surface area contributed by atoms with Crippen molar-refractivity contribution in [2.75, 3.05) is 73.4 Å². The van der Waals surface area contributed by atoms with Gasteiger partial charge >= 0.3 is 10.2 Å². The summed E-state index contributed by atoms with van der Waals surface area (Å²) < 4.78 is 65.1. The Balaban J connectivity index is 0.742. The van der Waals surface area contributed by atoms with Crippen LogP contribution in [0.4, 0.5) is 25.8 Å². The molecule has 0 radical (unpaired) electrons. The number of ether oxygens (including phenoxy) is 1. The molecule has 5 aliphatic rings. The van der Waals surface area contributed by atoms with Crippen molar-refractivity contribution in [3.63, 3.8) is 0 Å². The van der Waals surface area contributed by atoms with Crippen LogP contribution < -0.4 is 30.1 Å². The molecule has 1 aromatic heterocycles. The van der Waals surface area contributed by atoms with Crippen LogP contribution in [0.5, 0.6) is 11.5 Å². The molecule has 0 spiro atoms. The van der Waals surface area contributed by atoms with Crippen molar-refractivity contribution in [2.45, 2.75) is 38.0 Å². The number of hydrogen-bond donors (Lipinski definition) is 2. The number of nitrogens with one attached hydrogen (secondary N) is 2. The number of carbonyl (C=O) groups is 3. The SMILES string of the molecule is N#Cc1c(NS(=O)(=O)N2CCC(F)C2)ccc(F)c1Oc1ccc2ncn(-c3ccc(N4CCN(CC5CN(c6ccc7c(c6)CN(C6CCC(=O)NC6=O)C7=O)C5)CC4)cc3)c(=O)c2c1. The van der Waals surface area contributed by atoms with Crippen LogP contribution in [-0.2, 0) is 26.3 Å². The van der Waals surface area contributed by atoms with Gasteiger partial charge in [0.2, 0.25) is 11.8 Å². The molecule has 2 N–H and O–H groups in total. The lowest BCUT2D eigenvalue weighted by Gasteiger charge is -2.45. The van der Waals surface area contributed by atoms with Crippen LogP contribution >= 0.6 is 0 Å². The number of amides is 3. The van der Waals surface area contributed by atoms with Gasteiger partial charge in [0.05, 0.1) is 22.3 Å². The molecule has 5 aromatic rings. The van der Waals surface area contributed by atoms with Gasteiger partial charge in [0, 0.05) is 94.7 Å². The first-order chi connectivity index (χ1) is 31.8. The summed E-state index contributed by atoms with van der Waals surface area (Å²) in [4.78, 5) is 64.2. The quantitative estimate of drug-likeness (QED) is 0.182. The first kappa shape index (κ1) is 43.0.